The quantitative estimate of drug-likeness (QED) is 0.652. The van der Waals surface area contributed by atoms with Gasteiger partial charge in [-0.1, -0.05) is 12.1 Å². The maximum atomic E-state index is 11.9. The molecule has 2 aromatic heterocycles. The van der Waals surface area contributed by atoms with Gasteiger partial charge in [0.15, 0.2) is 5.82 Å². The predicted octanol–water partition coefficient (Wildman–Crippen LogP) is 4.07. The largest absolute Gasteiger partial charge is 0.444 e. The summed E-state index contributed by atoms with van der Waals surface area (Å²) in [7, 11) is 0. The van der Waals surface area contributed by atoms with Gasteiger partial charge in [-0.2, -0.15) is 5.10 Å². The fourth-order valence-electron chi connectivity index (χ4n) is 3.78. The molecule has 1 amide bonds. The third-order valence-electron chi connectivity index (χ3n) is 5.39. The molecule has 0 atom stereocenters. The lowest BCUT2D eigenvalue weighted by atomic mass is 9.97. The number of aromatic nitrogens is 4. The van der Waals surface area contributed by atoms with Crippen LogP contribution >= 0.6 is 0 Å². The Labute approximate surface area is 188 Å². The molecule has 1 aliphatic rings. The highest BCUT2D eigenvalue weighted by molar-refractivity contribution is 5.67. The maximum absolute atomic E-state index is 11.9. The van der Waals surface area contributed by atoms with Crippen LogP contribution in [-0.2, 0) is 4.74 Å². The van der Waals surface area contributed by atoms with Gasteiger partial charge in [0.2, 0.25) is 0 Å². The average Bonchev–Trinajstić information content (AvgIpc) is 3.32. The molecule has 1 fully saturated rings. The molecule has 3 aromatic rings. The Morgan fingerprint density at radius 3 is 2.69 bits per heavy atom. The van der Waals surface area contributed by atoms with Gasteiger partial charge in [0.25, 0.3) is 0 Å². The summed E-state index contributed by atoms with van der Waals surface area (Å²) in [6, 6.07) is 11.9. The lowest BCUT2D eigenvalue weighted by Crippen LogP contribution is -2.40. The first-order valence-electron chi connectivity index (χ1n) is 11.0. The van der Waals surface area contributed by atoms with Gasteiger partial charge in [0.1, 0.15) is 11.4 Å². The molecule has 0 bridgehead atoms. The molecular formula is C24H30N6O2. The van der Waals surface area contributed by atoms with E-state index >= 15 is 0 Å². The second-order valence-corrected chi connectivity index (χ2v) is 9.05. The lowest BCUT2D eigenvalue weighted by molar-refractivity contribution is 0.0517. The van der Waals surface area contributed by atoms with Crippen molar-refractivity contribution < 1.29 is 9.53 Å². The van der Waals surface area contributed by atoms with E-state index in [4.69, 9.17) is 9.72 Å². The molecule has 32 heavy (non-hydrogen) atoms. The van der Waals surface area contributed by atoms with E-state index in [1.165, 1.54) is 0 Å². The summed E-state index contributed by atoms with van der Waals surface area (Å²) in [4.78, 5) is 23.5. The summed E-state index contributed by atoms with van der Waals surface area (Å²) in [5.41, 5.74) is 1.45. The molecule has 8 heteroatoms. The highest BCUT2D eigenvalue weighted by atomic mass is 16.6. The van der Waals surface area contributed by atoms with Crippen molar-refractivity contribution in [2.75, 3.05) is 24.5 Å². The number of nitrogens with one attached hydrogen (secondary N) is 1. The van der Waals surface area contributed by atoms with E-state index in [1.807, 2.05) is 74.2 Å². The summed E-state index contributed by atoms with van der Waals surface area (Å²) in [6.45, 7) is 8.03. The molecule has 1 aromatic carbocycles. The molecule has 3 heterocycles. The van der Waals surface area contributed by atoms with Crippen LogP contribution in [0.1, 0.15) is 33.6 Å². The van der Waals surface area contributed by atoms with Gasteiger partial charge in [-0.3, -0.25) is 0 Å². The van der Waals surface area contributed by atoms with Gasteiger partial charge in [-0.05, 0) is 63.8 Å². The number of hydrogen-bond donors (Lipinski definition) is 1. The van der Waals surface area contributed by atoms with Crippen LogP contribution in [0.5, 0.6) is 0 Å². The number of anilines is 1. The molecular weight excluding hydrogens is 404 g/mol. The van der Waals surface area contributed by atoms with Crippen LogP contribution < -0.4 is 10.2 Å². The highest BCUT2D eigenvalue weighted by Gasteiger charge is 2.22. The summed E-state index contributed by atoms with van der Waals surface area (Å²) in [6.07, 6.45) is 7.12. The van der Waals surface area contributed by atoms with Crippen molar-refractivity contribution in [1.29, 1.82) is 0 Å². The number of alkyl carbamates (subject to hydrolysis) is 1. The fourth-order valence-corrected chi connectivity index (χ4v) is 3.78. The molecule has 4 rings (SSSR count). The van der Waals surface area contributed by atoms with Crippen LogP contribution in [-0.4, -0.2) is 51.1 Å². The smallest absolute Gasteiger partial charge is 0.407 e. The zero-order chi connectivity index (χ0) is 22.6. The summed E-state index contributed by atoms with van der Waals surface area (Å²) in [5.74, 6) is 2.06. The number of benzene rings is 1. The Kier molecular flexibility index (Phi) is 6.39. The van der Waals surface area contributed by atoms with Crippen molar-refractivity contribution in [1.82, 2.24) is 25.1 Å². The van der Waals surface area contributed by atoms with E-state index in [0.717, 1.165) is 43.0 Å². The molecule has 1 N–H and O–H groups in total. The van der Waals surface area contributed by atoms with Gasteiger partial charge >= 0.3 is 6.09 Å². The Bertz CT molecular complexity index is 1040. The number of amides is 1. The van der Waals surface area contributed by atoms with Crippen molar-refractivity contribution in [3.05, 3.63) is 55.0 Å². The zero-order valence-corrected chi connectivity index (χ0v) is 18.9. The Hall–Kier alpha value is -3.42. The van der Waals surface area contributed by atoms with E-state index in [-0.39, 0.29) is 6.09 Å². The van der Waals surface area contributed by atoms with Crippen LogP contribution in [0, 0.1) is 5.92 Å². The second kappa shape index (κ2) is 9.38. The van der Waals surface area contributed by atoms with Crippen molar-refractivity contribution in [3.8, 4) is 17.1 Å². The number of carbonyl (C=O) groups is 1. The number of rotatable bonds is 5. The minimum Gasteiger partial charge on any atom is -0.444 e. The number of piperidine rings is 1. The molecule has 1 saturated heterocycles. The van der Waals surface area contributed by atoms with Gasteiger partial charge in [-0.15, -0.1) is 0 Å². The van der Waals surface area contributed by atoms with E-state index in [9.17, 15) is 4.79 Å². The lowest BCUT2D eigenvalue weighted by Gasteiger charge is -2.33. The van der Waals surface area contributed by atoms with Gasteiger partial charge in [-0.25, -0.2) is 19.4 Å². The topological polar surface area (TPSA) is 85.2 Å². The first-order chi connectivity index (χ1) is 15.4. The van der Waals surface area contributed by atoms with Crippen molar-refractivity contribution in [3.63, 3.8) is 0 Å². The third-order valence-corrected chi connectivity index (χ3v) is 5.39. The average molecular weight is 435 g/mol. The molecule has 0 spiro atoms. The van der Waals surface area contributed by atoms with Gasteiger partial charge < -0.3 is 15.0 Å². The van der Waals surface area contributed by atoms with Crippen molar-refractivity contribution >= 4 is 11.9 Å². The van der Waals surface area contributed by atoms with Crippen molar-refractivity contribution in [2.24, 2.45) is 5.92 Å². The van der Waals surface area contributed by atoms with Crippen LogP contribution in [0.3, 0.4) is 0 Å². The first-order valence-corrected chi connectivity index (χ1v) is 11.0. The van der Waals surface area contributed by atoms with E-state index in [0.29, 0.717) is 18.3 Å². The molecule has 0 saturated carbocycles. The third kappa shape index (κ3) is 5.63. The molecule has 1 aliphatic heterocycles. The summed E-state index contributed by atoms with van der Waals surface area (Å²) >= 11 is 0. The SMILES string of the molecule is CC(C)(C)OC(=O)NCC1CCN(c2ccnc(-c3cccc(-n4cccn4)c3)n2)CC1. The monoisotopic (exact) mass is 434 g/mol. The summed E-state index contributed by atoms with van der Waals surface area (Å²) < 4.78 is 7.15. The van der Waals surface area contributed by atoms with Gasteiger partial charge in [0.05, 0.1) is 5.69 Å². The number of hydrogen-bond acceptors (Lipinski definition) is 6. The zero-order valence-electron chi connectivity index (χ0n) is 18.9. The summed E-state index contributed by atoms with van der Waals surface area (Å²) in [5, 5.41) is 7.19. The number of carbonyl (C=O) groups excluding carboxylic acids is 1. The van der Waals surface area contributed by atoms with E-state index in [2.05, 4.69) is 20.3 Å². The predicted molar refractivity (Wildman–Crippen MR) is 124 cm³/mol. The van der Waals surface area contributed by atoms with E-state index < -0.39 is 5.60 Å². The molecule has 8 nitrogen and oxygen atoms in total. The minimum atomic E-state index is -0.476. The maximum Gasteiger partial charge on any atom is 0.407 e. The standard InChI is InChI=1S/C24H30N6O2/c1-24(2,3)32-23(31)26-17-18-9-14-29(15-10-18)21-8-12-25-22(28-21)19-6-4-7-20(16-19)30-13-5-11-27-30/h4-8,11-13,16,18H,9-10,14-15,17H2,1-3H3,(H,26,31). The normalized spacial score (nSPS) is 14.9. The fraction of sp³-hybridized carbons (Fsp3) is 0.417. The highest BCUT2D eigenvalue weighted by Crippen LogP contribution is 2.24. The Morgan fingerprint density at radius 2 is 1.97 bits per heavy atom. The van der Waals surface area contributed by atoms with Crippen molar-refractivity contribution in [2.45, 2.75) is 39.2 Å². The minimum absolute atomic E-state index is 0.349. The Balaban J connectivity index is 1.36. The van der Waals surface area contributed by atoms with E-state index in [1.54, 1.807) is 6.20 Å². The molecule has 0 aliphatic carbocycles. The molecule has 0 radical (unpaired) electrons. The number of ether oxygens (including phenoxy) is 1. The van der Waals surface area contributed by atoms with Crippen LogP contribution in [0.15, 0.2) is 55.0 Å². The first kappa shape index (κ1) is 21.8. The van der Waals surface area contributed by atoms with Gasteiger partial charge in [0, 0.05) is 43.8 Å². The van der Waals surface area contributed by atoms with Crippen LogP contribution in [0.2, 0.25) is 0 Å². The second-order valence-electron chi connectivity index (χ2n) is 9.05. The number of nitrogens with zero attached hydrogens (tertiary/aromatic N) is 5. The van der Waals surface area contributed by atoms with Crippen LogP contribution in [0.25, 0.3) is 17.1 Å². The molecule has 0 unspecified atom stereocenters. The Morgan fingerprint density at radius 1 is 1.16 bits per heavy atom. The van der Waals surface area contributed by atoms with Crippen LogP contribution in [0.4, 0.5) is 10.6 Å². The molecule has 168 valence electrons.